The third-order valence-corrected chi connectivity index (χ3v) is 17.3. The summed E-state index contributed by atoms with van der Waals surface area (Å²) in [6.45, 7) is 15.0. The summed E-state index contributed by atoms with van der Waals surface area (Å²) < 4.78 is 1.55. The van der Waals surface area contributed by atoms with Crippen LogP contribution in [0.1, 0.15) is 88.3 Å². The molecule has 3 amide bonds. The van der Waals surface area contributed by atoms with Crippen LogP contribution in [0.2, 0.25) is 5.02 Å². The van der Waals surface area contributed by atoms with E-state index < -0.39 is 29.8 Å². The minimum absolute atomic E-state index is 0.0404. The number of aryl methyl sites for hydroxylation is 2. The molecule has 0 unspecified atom stereocenters. The van der Waals surface area contributed by atoms with Crippen molar-refractivity contribution >= 4 is 64.1 Å². The third kappa shape index (κ3) is 12.0. The van der Waals surface area contributed by atoms with E-state index in [1.54, 1.807) is 45.7 Å². The van der Waals surface area contributed by atoms with E-state index in [-0.39, 0.29) is 55.0 Å². The molecule has 4 atom stereocenters. The fourth-order valence-electron chi connectivity index (χ4n) is 10.4. The number of nitrogens with one attached hydrogen (secondary N) is 1. The maximum Gasteiger partial charge on any atom is 0.254 e. The van der Waals surface area contributed by atoms with Gasteiger partial charge in [0.2, 0.25) is 11.8 Å². The van der Waals surface area contributed by atoms with Gasteiger partial charge in [0, 0.05) is 108 Å². The monoisotopic (exact) mass is 1050 g/mol. The number of carbonyl (C=O) groups excluding carboxylic acids is 3. The molecule has 0 spiro atoms. The number of hydrogen-bond acceptors (Lipinski definition) is 17. The molecule has 9 rings (SSSR count). The molecule has 1 aromatic carbocycles. The van der Waals surface area contributed by atoms with Crippen molar-refractivity contribution in [3.63, 3.8) is 0 Å². The zero-order valence-corrected chi connectivity index (χ0v) is 44.6. The van der Waals surface area contributed by atoms with Gasteiger partial charge in [0.05, 0.1) is 51.3 Å². The summed E-state index contributed by atoms with van der Waals surface area (Å²) in [6, 6.07) is 8.01. The van der Waals surface area contributed by atoms with Crippen molar-refractivity contribution in [3.05, 3.63) is 82.6 Å². The quantitative estimate of drug-likeness (QED) is 0.109. The molecular weight excluding hydrogens is 988 g/mol. The Morgan fingerprint density at radius 1 is 0.932 bits per heavy atom. The second kappa shape index (κ2) is 22.3. The van der Waals surface area contributed by atoms with Crippen molar-refractivity contribution in [2.45, 2.75) is 118 Å². The third-order valence-electron chi connectivity index (χ3n) is 14.9. The van der Waals surface area contributed by atoms with Crippen LogP contribution in [0, 0.1) is 19.8 Å². The Morgan fingerprint density at radius 3 is 2.27 bits per heavy atom. The minimum atomic E-state index is -1.52. The molecule has 73 heavy (non-hydrogen) atoms. The molecule has 0 saturated carbocycles. The van der Waals surface area contributed by atoms with Crippen molar-refractivity contribution in [3.8, 4) is 10.4 Å². The Hall–Kier alpha value is -5.29. The number of aliphatic hydroxyl groups is 2. The van der Waals surface area contributed by atoms with Gasteiger partial charge >= 0.3 is 0 Å². The Kier molecular flexibility index (Phi) is 16.0. The molecule has 0 radical (unpaired) electrons. The van der Waals surface area contributed by atoms with Crippen LogP contribution < -0.4 is 20.9 Å². The van der Waals surface area contributed by atoms with Crippen LogP contribution in [0.15, 0.2) is 70.6 Å². The lowest BCUT2D eigenvalue weighted by Gasteiger charge is -2.43. The molecular formula is C51H67ClN14O5S2. The van der Waals surface area contributed by atoms with E-state index in [4.69, 9.17) is 17.3 Å². The van der Waals surface area contributed by atoms with Gasteiger partial charge in [0.25, 0.3) is 5.91 Å². The predicted octanol–water partition coefficient (Wildman–Crippen LogP) is 4.91. The topological polar surface area (TPSA) is 228 Å². The number of amides is 3. The van der Waals surface area contributed by atoms with Crippen LogP contribution in [0.5, 0.6) is 0 Å². The first-order valence-electron chi connectivity index (χ1n) is 25.3. The Bertz CT molecular complexity index is 2710. The molecule has 390 valence electrons. The predicted molar refractivity (Wildman–Crippen MR) is 281 cm³/mol. The molecule has 0 bridgehead atoms. The van der Waals surface area contributed by atoms with Gasteiger partial charge in [-0.2, -0.15) is 0 Å². The fourth-order valence-corrected chi connectivity index (χ4v) is 12.3. The summed E-state index contributed by atoms with van der Waals surface area (Å²) in [5.74, 6) is 0.392. The number of thiazole rings is 1. The van der Waals surface area contributed by atoms with Crippen LogP contribution in [0.3, 0.4) is 0 Å². The van der Waals surface area contributed by atoms with E-state index in [0.29, 0.717) is 73.8 Å². The summed E-state index contributed by atoms with van der Waals surface area (Å²) in [7, 11) is 0. The van der Waals surface area contributed by atoms with Gasteiger partial charge in [-0.3, -0.25) is 19.3 Å². The number of nitrogens with two attached hydrogens (primary N) is 1. The number of hydrogen-bond donors (Lipinski definition) is 4. The molecule has 4 fully saturated rings. The first-order valence-corrected chi connectivity index (χ1v) is 27.4. The van der Waals surface area contributed by atoms with Gasteiger partial charge in [-0.25, -0.2) is 24.6 Å². The molecule has 19 nitrogen and oxygen atoms in total. The number of carbonyl (C=O) groups is 3. The Balaban J connectivity index is 0.801. The number of halogens is 1. The SMILES string of the molecule is Cc1cn([C@H](C(=O)N2C[C@H](O)C[C@H]2C(=O)N[C@@H](CCN2CCN(C(=O)C3(O)CCN(c4nccc(Sc5cnc(N6CCC(C)(N)CC6)cn5)c4Cl)CC3)CC2)c2ccc(-c3scnc3C)cc2)C(C)C)nn1. The zero-order chi connectivity index (χ0) is 51.6. The van der Waals surface area contributed by atoms with Crippen molar-refractivity contribution in [1.82, 2.24) is 54.9 Å². The highest BCUT2D eigenvalue weighted by Crippen LogP contribution is 2.39. The van der Waals surface area contributed by atoms with E-state index in [1.807, 2.05) is 68.4 Å². The fraction of sp³-hybridized carbons (Fsp3) is 0.549. The highest BCUT2D eigenvalue weighted by molar-refractivity contribution is 7.99. The smallest absolute Gasteiger partial charge is 0.254 e. The summed E-state index contributed by atoms with van der Waals surface area (Å²) in [5, 5.41) is 35.5. The molecule has 8 heterocycles. The number of pyridine rings is 1. The summed E-state index contributed by atoms with van der Waals surface area (Å²) >= 11 is 9.97. The van der Waals surface area contributed by atoms with E-state index in [9.17, 15) is 24.6 Å². The van der Waals surface area contributed by atoms with Crippen molar-refractivity contribution in [1.29, 1.82) is 0 Å². The summed E-state index contributed by atoms with van der Waals surface area (Å²) in [5.41, 5.74) is 10.1. The van der Waals surface area contributed by atoms with Gasteiger partial charge in [-0.15, -0.1) is 16.4 Å². The number of benzene rings is 1. The number of aliphatic hydroxyl groups excluding tert-OH is 1. The standard InChI is InChI=1S/C51H67ClN14O5S2/c1-32(2)44(66-29-33(3)59-60-66)48(69)65-30-37(67)26-39(65)47(68)58-38(35-6-8-36(9-7-35)45-34(4)57-31-72-45)11-17-61-22-24-64(25-23-61)49(70)51(71)14-20-63(21-15-51)46-43(52)40(10-16-54-46)73-42-28-55-41(27-56-42)62-18-12-50(5,53)13-19-62/h6-10,16,27-29,31-32,37-39,44,67,71H,11-15,17-26,30,53H2,1-5H3,(H,58,68)/t37-,38+,39+,44+/m1/s1. The lowest BCUT2D eigenvalue weighted by atomic mass is 9.89. The van der Waals surface area contributed by atoms with Gasteiger partial charge < -0.3 is 40.9 Å². The normalized spacial score (nSPS) is 21.1. The number of piperazine rings is 1. The average molecular weight is 1060 g/mol. The van der Waals surface area contributed by atoms with Gasteiger partial charge in [-0.05, 0) is 63.1 Å². The van der Waals surface area contributed by atoms with Gasteiger partial charge in [0.15, 0.2) is 0 Å². The number of piperidine rings is 2. The Labute approximate surface area is 439 Å². The number of likely N-dealkylation sites (tertiary alicyclic amines) is 1. The van der Waals surface area contributed by atoms with Crippen molar-refractivity contribution in [2.75, 3.05) is 75.2 Å². The van der Waals surface area contributed by atoms with E-state index in [0.717, 1.165) is 58.3 Å². The average Bonchev–Trinajstić information content (AvgIpc) is 4.13. The van der Waals surface area contributed by atoms with E-state index >= 15 is 0 Å². The van der Waals surface area contributed by atoms with Crippen LogP contribution in [-0.2, 0) is 14.4 Å². The van der Waals surface area contributed by atoms with Crippen LogP contribution in [0.25, 0.3) is 10.4 Å². The van der Waals surface area contributed by atoms with Gasteiger partial charge in [-0.1, -0.05) is 66.7 Å². The molecule has 5 N–H and O–H groups in total. The minimum Gasteiger partial charge on any atom is -0.391 e. The van der Waals surface area contributed by atoms with Crippen LogP contribution >= 0.6 is 34.7 Å². The zero-order valence-electron chi connectivity index (χ0n) is 42.2. The lowest BCUT2D eigenvalue weighted by Crippen LogP contribution is -2.59. The van der Waals surface area contributed by atoms with Crippen LogP contribution in [0.4, 0.5) is 11.6 Å². The Morgan fingerprint density at radius 2 is 1.64 bits per heavy atom. The number of anilines is 2. The highest BCUT2D eigenvalue weighted by atomic mass is 35.5. The maximum absolute atomic E-state index is 14.4. The van der Waals surface area contributed by atoms with Crippen LogP contribution in [-0.4, -0.2) is 166 Å². The first-order chi connectivity index (χ1) is 34.9. The molecule has 22 heteroatoms. The molecule has 4 saturated heterocycles. The lowest BCUT2D eigenvalue weighted by molar-refractivity contribution is -0.155. The first kappa shape index (κ1) is 52.6. The number of β-amino-alcohol motifs (C(OH)–C–C–N with tert-alkyl or cyclic N) is 1. The van der Waals surface area contributed by atoms with Crippen molar-refractivity contribution < 1.29 is 24.6 Å². The van der Waals surface area contributed by atoms with Crippen molar-refractivity contribution in [2.24, 2.45) is 11.7 Å². The second-order valence-corrected chi connectivity index (χ2v) is 23.0. The molecule has 5 aromatic rings. The maximum atomic E-state index is 14.4. The summed E-state index contributed by atoms with van der Waals surface area (Å²) in [4.78, 5) is 72.6. The van der Waals surface area contributed by atoms with E-state index in [1.165, 1.54) is 16.7 Å². The molecule has 4 aliphatic heterocycles. The summed E-state index contributed by atoms with van der Waals surface area (Å²) in [6.07, 6.45) is 9.06. The highest BCUT2D eigenvalue weighted by Gasteiger charge is 2.45. The largest absolute Gasteiger partial charge is 0.391 e. The second-order valence-electron chi connectivity index (χ2n) is 20.7. The number of rotatable bonds is 15. The molecule has 0 aliphatic carbocycles. The number of aromatic nitrogens is 7. The van der Waals surface area contributed by atoms with Gasteiger partial charge in [0.1, 0.15) is 34.3 Å². The number of nitrogens with zero attached hydrogens (tertiary/aromatic N) is 12. The van der Waals surface area contributed by atoms with E-state index in [2.05, 4.69) is 52.3 Å². The molecule has 4 aliphatic rings. The molecule has 4 aromatic heterocycles.